The molecule has 0 fully saturated rings. The molecular formula is C22H19F4N3O2. The average molecular weight is 433 g/mol. The van der Waals surface area contributed by atoms with Crippen molar-refractivity contribution in [2.75, 3.05) is 6.54 Å². The number of aromatic nitrogens is 1. The maximum absolute atomic E-state index is 13.2. The third-order valence-corrected chi connectivity index (χ3v) is 4.45. The topological polar surface area (TPSA) is 77.2 Å². The molecule has 0 saturated heterocycles. The van der Waals surface area contributed by atoms with E-state index < -0.39 is 23.5 Å². The molecule has 0 aliphatic carbocycles. The van der Waals surface area contributed by atoms with Crippen molar-refractivity contribution in [2.45, 2.75) is 19.1 Å². The summed E-state index contributed by atoms with van der Waals surface area (Å²) in [4.78, 5) is 15.0. The third-order valence-electron chi connectivity index (χ3n) is 4.45. The van der Waals surface area contributed by atoms with E-state index in [1.165, 1.54) is 18.3 Å². The van der Waals surface area contributed by atoms with Crippen LogP contribution in [0.4, 0.5) is 17.6 Å². The fraction of sp³-hybridized carbons (Fsp3) is 0.182. The second kappa shape index (κ2) is 9.57. The lowest BCUT2D eigenvalue weighted by Crippen LogP contribution is -2.20. The van der Waals surface area contributed by atoms with Crippen LogP contribution < -0.4 is 15.8 Å². The largest absolute Gasteiger partial charge is 0.439 e. The molecule has 0 unspecified atom stereocenters. The van der Waals surface area contributed by atoms with Gasteiger partial charge in [-0.25, -0.2) is 9.37 Å². The first-order valence-electron chi connectivity index (χ1n) is 9.31. The Kier molecular flexibility index (Phi) is 6.86. The van der Waals surface area contributed by atoms with Gasteiger partial charge in [0.25, 0.3) is 0 Å². The molecule has 0 spiro atoms. The smallest absolute Gasteiger partial charge is 0.416 e. The van der Waals surface area contributed by atoms with Crippen LogP contribution in [-0.2, 0) is 19.1 Å². The van der Waals surface area contributed by atoms with Crippen molar-refractivity contribution in [1.29, 1.82) is 0 Å². The number of hydrogen-bond donors (Lipinski definition) is 2. The molecule has 0 aliphatic heterocycles. The Labute approximate surface area is 175 Å². The average Bonchev–Trinajstić information content (AvgIpc) is 2.73. The Hall–Kier alpha value is -3.46. The number of nitrogens with one attached hydrogen (secondary N) is 1. The highest BCUT2D eigenvalue weighted by Crippen LogP contribution is 2.32. The molecule has 162 valence electrons. The van der Waals surface area contributed by atoms with Gasteiger partial charge in [-0.2, -0.15) is 13.2 Å². The molecule has 9 heteroatoms. The van der Waals surface area contributed by atoms with Gasteiger partial charge in [0, 0.05) is 18.8 Å². The number of alkyl halides is 3. The van der Waals surface area contributed by atoms with Gasteiger partial charge in [0.05, 0.1) is 11.1 Å². The molecule has 0 radical (unpaired) electrons. The van der Waals surface area contributed by atoms with Crippen molar-refractivity contribution >= 4 is 5.91 Å². The quantitative estimate of drug-likeness (QED) is 0.406. The molecule has 1 amide bonds. The first kappa shape index (κ1) is 22.2. The van der Waals surface area contributed by atoms with E-state index in [4.69, 9.17) is 10.5 Å². The molecule has 5 nitrogen and oxygen atoms in total. The molecule has 3 rings (SSSR count). The molecule has 1 aromatic heterocycles. The predicted octanol–water partition coefficient (Wildman–Crippen LogP) is 4.46. The van der Waals surface area contributed by atoms with Crippen molar-refractivity contribution in [3.05, 3.63) is 88.9 Å². The van der Waals surface area contributed by atoms with Crippen LogP contribution in [0.3, 0.4) is 0 Å². The molecule has 0 atom stereocenters. The summed E-state index contributed by atoms with van der Waals surface area (Å²) < 4.78 is 57.8. The Balaban J connectivity index is 1.50. The number of benzene rings is 2. The highest BCUT2D eigenvalue weighted by molar-refractivity contribution is 5.92. The van der Waals surface area contributed by atoms with E-state index in [0.29, 0.717) is 30.7 Å². The van der Waals surface area contributed by atoms with Gasteiger partial charge in [0.1, 0.15) is 11.6 Å². The van der Waals surface area contributed by atoms with Gasteiger partial charge in [0.2, 0.25) is 11.8 Å². The van der Waals surface area contributed by atoms with E-state index in [-0.39, 0.29) is 17.7 Å². The number of primary amides is 1. The number of ether oxygens (including phenoxy) is 1. The fourth-order valence-electron chi connectivity index (χ4n) is 2.85. The third kappa shape index (κ3) is 6.26. The Morgan fingerprint density at radius 1 is 1.06 bits per heavy atom. The van der Waals surface area contributed by atoms with Crippen molar-refractivity contribution in [3.8, 4) is 11.6 Å². The number of carbonyl (C=O) groups excluding carboxylic acids is 1. The van der Waals surface area contributed by atoms with Gasteiger partial charge in [-0.1, -0.05) is 18.2 Å². The number of amides is 1. The minimum absolute atomic E-state index is 0.00694. The summed E-state index contributed by atoms with van der Waals surface area (Å²) in [6.07, 6.45) is -2.71. The zero-order valence-corrected chi connectivity index (χ0v) is 16.2. The molecule has 3 aromatic rings. The highest BCUT2D eigenvalue weighted by Gasteiger charge is 2.33. The van der Waals surface area contributed by atoms with Gasteiger partial charge in [-0.3, -0.25) is 4.79 Å². The van der Waals surface area contributed by atoms with Crippen LogP contribution in [0.25, 0.3) is 0 Å². The summed E-state index contributed by atoms with van der Waals surface area (Å²) in [6.45, 7) is 0.411. The SMILES string of the molecule is NC(=O)c1ccc(Oc2ccc(CCNCc3ccc(F)cc3C(F)(F)F)cc2)nc1. The Morgan fingerprint density at radius 3 is 2.42 bits per heavy atom. The monoisotopic (exact) mass is 433 g/mol. The lowest BCUT2D eigenvalue weighted by molar-refractivity contribution is -0.138. The number of rotatable bonds is 8. The van der Waals surface area contributed by atoms with Crippen LogP contribution in [0.15, 0.2) is 60.8 Å². The predicted molar refractivity (Wildman–Crippen MR) is 106 cm³/mol. The lowest BCUT2D eigenvalue weighted by atomic mass is 10.1. The Bertz CT molecular complexity index is 1040. The van der Waals surface area contributed by atoms with Gasteiger partial charge >= 0.3 is 6.18 Å². The molecule has 2 aromatic carbocycles. The number of hydrogen-bond acceptors (Lipinski definition) is 4. The number of nitrogens with zero attached hydrogens (tertiary/aromatic N) is 1. The van der Waals surface area contributed by atoms with Crippen LogP contribution in [0.1, 0.15) is 27.0 Å². The summed E-state index contributed by atoms with van der Waals surface area (Å²) in [5.74, 6) is -0.653. The first-order chi connectivity index (χ1) is 14.7. The number of halogens is 4. The number of pyridine rings is 1. The van der Waals surface area contributed by atoms with Crippen LogP contribution >= 0.6 is 0 Å². The highest BCUT2D eigenvalue weighted by atomic mass is 19.4. The lowest BCUT2D eigenvalue weighted by Gasteiger charge is -2.13. The number of nitrogens with two attached hydrogens (primary N) is 1. The zero-order valence-electron chi connectivity index (χ0n) is 16.2. The van der Waals surface area contributed by atoms with Crippen LogP contribution in [0, 0.1) is 5.82 Å². The summed E-state index contributed by atoms with van der Waals surface area (Å²) in [5, 5.41) is 2.95. The van der Waals surface area contributed by atoms with E-state index in [2.05, 4.69) is 10.3 Å². The van der Waals surface area contributed by atoms with Crippen LogP contribution in [-0.4, -0.2) is 17.4 Å². The molecular weight excluding hydrogens is 414 g/mol. The van der Waals surface area contributed by atoms with Gasteiger partial charge < -0.3 is 15.8 Å². The molecule has 0 saturated carbocycles. The van der Waals surface area contributed by atoms with Crippen molar-refractivity contribution in [2.24, 2.45) is 5.73 Å². The number of carbonyl (C=O) groups is 1. The van der Waals surface area contributed by atoms with Crippen LogP contribution in [0.2, 0.25) is 0 Å². The van der Waals surface area contributed by atoms with E-state index in [1.54, 1.807) is 12.1 Å². The maximum Gasteiger partial charge on any atom is 0.416 e. The van der Waals surface area contributed by atoms with E-state index >= 15 is 0 Å². The minimum Gasteiger partial charge on any atom is -0.439 e. The van der Waals surface area contributed by atoms with Crippen molar-refractivity contribution in [3.63, 3.8) is 0 Å². The molecule has 0 aliphatic rings. The Morgan fingerprint density at radius 2 is 1.81 bits per heavy atom. The second-order valence-electron chi connectivity index (χ2n) is 6.72. The van der Waals surface area contributed by atoms with Gasteiger partial charge in [-0.05, 0) is 54.4 Å². The van der Waals surface area contributed by atoms with Crippen LogP contribution in [0.5, 0.6) is 11.6 Å². The molecule has 3 N–H and O–H groups in total. The molecule has 1 heterocycles. The summed E-state index contributed by atoms with van der Waals surface area (Å²) in [5.41, 5.74) is 5.41. The molecule has 31 heavy (non-hydrogen) atoms. The van der Waals surface area contributed by atoms with E-state index in [0.717, 1.165) is 17.7 Å². The van der Waals surface area contributed by atoms with Gasteiger partial charge in [-0.15, -0.1) is 0 Å². The fourth-order valence-corrected chi connectivity index (χ4v) is 2.85. The van der Waals surface area contributed by atoms with Crippen molar-refractivity contribution in [1.82, 2.24) is 10.3 Å². The van der Waals surface area contributed by atoms with Crippen molar-refractivity contribution < 1.29 is 27.1 Å². The molecule has 0 bridgehead atoms. The minimum atomic E-state index is -4.61. The van der Waals surface area contributed by atoms with E-state index in [1.807, 2.05) is 12.1 Å². The summed E-state index contributed by atoms with van der Waals surface area (Å²) in [6, 6.07) is 12.8. The summed E-state index contributed by atoms with van der Waals surface area (Å²) >= 11 is 0. The second-order valence-corrected chi connectivity index (χ2v) is 6.72. The normalized spacial score (nSPS) is 11.4. The maximum atomic E-state index is 13.2. The standard InChI is InChI=1S/C22H19F4N3O2/c23-17-5-3-15(19(11-17)22(24,25)26)12-28-10-9-14-1-6-18(7-2-14)31-20-8-4-16(13-29-20)21(27)30/h1-8,11,13,28H,9-10,12H2,(H2,27,30). The zero-order chi connectivity index (χ0) is 22.4. The van der Waals surface area contributed by atoms with Gasteiger partial charge in [0.15, 0.2) is 0 Å². The first-order valence-corrected chi connectivity index (χ1v) is 9.31. The van der Waals surface area contributed by atoms with E-state index in [9.17, 15) is 22.4 Å². The summed E-state index contributed by atoms with van der Waals surface area (Å²) in [7, 11) is 0.